The number of amides is 1. The predicted molar refractivity (Wildman–Crippen MR) is 90.2 cm³/mol. The maximum absolute atomic E-state index is 12.5. The number of hydrogen-bond donors (Lipinski definition) is 2. The zero-order chi connectivity index (χ0) is 16.6. The largest absolute Gasteiger partial charge is 0.503 e. The lowest BCUT2D eigenvalue weighted by Gasteiger charge is -2.28. The molecule has 1 aromatic carbocycles. The third-order valence-corrected chi connectivity index (χ3v) is 5.67. The Kier molecular flexibility index (Phi) is 4.72. The number of ether oxygens (including phenoxy) is 1. The summed E-state index contributed by atoms with van der Waals surface area (Å²) in [5.74, 6) is 2.17. The molecule has 126 valence electrons. The standard InChI is InChI=1S/C18H24ClNO3/c1-3-23-16-9-13(8-15(19)17(16)21)18(22)20-10(2)14-7-11-4-5-12(14)6-11/h8-12,14,21H,3-7H2,1-2H3,(H,20,22). The minimum absolute atomic E-state index is 0.119. The molecule has 5 heteroatoms. The fourth-order valence-electron chi connectivity index (χ4n) is 4.27. The molecule has 2 fully saturated rings. The normalized spacial score (nSPS) is 27.0. The van der Waals surface area contributed by atoms with E-state index in [1.165, 1.54) is 31.7 Å². The maximum atomic E-state index is 12.5. The molecule has 4 atom stereocenters. The summed E-state index contributed by atoms with van der Waals surface area (Å²) in [6, 6.07) is 3.19. The van der Waals surface area contributed by atoms with Crippen LogP contribution in [0.25, 0.3) is 0 Å². The van der Waals surface area contributed by atoms with Crippen molar-refractivity contribution in [1.29, 1.82) is 0 Å². The van der Waals surface area contributed by atoms with Crippen molar-refractivity contribution >= 4 is 17.5 Å². The van der Waals surface area contributed by atoms with Gasteiger partial charge in [0, 0.05) is 11.6 Å². The van der Waals surface area contributed by atoms with Crippen molar-refractivity contribution in [2.24, 2.45) is 17.8 Å². The first-order valence-corrected chi connectivity index (χ1v) is 8.83. The number of hydrogen-bond acceptors (Lipinski definition) is 3. The average molecular weight is 338 g/mol. The molecule has 3 rings (SSSR count). The van der Waals surface area contributed by atoms with Crippen LogP contribution in [0.1, 0.15) is 49.9 Å². The van der Waals surface area contributed by atoms with Crippen LogP contribution in [0, 0.1) is 17.8 Å². The molecule has 2 aliphatic rings. The SMILES string of the molecule is CCOc1cc(C(=O)NC(C)C2CC3CCC2C3)cc(Cl)c1O. The third-order valence-electron chi connectivity index (χ3n) is 5.38. The number of halogens is 1. The summed E-state index contributed by atoms with van der Waals surface area (Å²) in [4.78, 5) is 12.5. The Morgan fingerprint density at radius 3 is 2.83 bits per heavy atom. The number of fused-ring (bicyclic) bond motifs is 2. The number of aromatic hydroxyl groups is 1. The van der Waals surface area contributed by atoms with Crippen LogP contribution in [0.15, 0.2) is 12.1 Å². The first-order chi connectivity index (χ1) is 11.0. The number of carbonyl (C=O) groups excluding carboxylic acids is 1. The van der Waals surface area contributed by atoms with E-state index in [1.807, 2.05) is 6.92 Å². The van der Waals surface area contributed by atoms with Crippen LogP contribution in [0.5, 0.6) is 11.5 Å². The van der Waals surface area contributed by atoms with Crippen LogP contribution in [0.3, 0.4) is 0 Å². The number of benzene rings is 1. The summed E-state index contributed by atoms with van der Waals surface area (Å²) in [5, 5.41) is 13.1. The molecule has 0 radical (unpaired) electrons. The van der Waals surface area contributed by atoms with E-state index in [-0.39, 0.29) is 28.5 Å². The molecule has 1 amide bonds. The summed E-state index contributed by atoms with van der Waals surface area (Å²) >= 11 is 6.00. The van der Waals surface area contributed by atoms with E-state index in [2.05, 4.69) is 12.2 Å². The number of rotatable bonds is 5. The Hall–Kier alpha value is -1.42. The zero-order valence-electron chi connectivity index (χ0n) is 13.6. The minimum atomic E-state index is -0.164. The highest BCUT2D eigenvalue weighted by Crippen LogP contribution is 2.49. The summed E-state index contributed by atoms with van der Waals surface area (Å²) in [6.45, 7) is 4.31. The monoisotopic (exact) mass is 337 g/mol. The van der Waals surface area contributed by atoms with Crippen molar-refractivity contribution in [2.45, 2.75) is 45.6 Å². The Morgan fingerprint density at radius 2 is 2.22 bits per heavy atom. The average Bonchev–Trinajstić information content (AvgIpc) is 3.14. The van der Waals surface area contributed by atoms with Crippen molar-refractivity contribution in [1.82, 2.24) is 5.32 Å². The van der Waals surface area contributed by atoms with Gasteiger partial charge in [-0.15, -0.1) is 0 Å². The van der Waals surface area contributed by atoms with Crippen molar-refractivity contribution in [3.63, 3.8) is 0 Å². The van der Waals surface area contributed by atoms with Crippen molar-refractivity contribution in [3.05, 3.63) is 22.7 Å². The molecule has 0 aromatic heterocycles. The van der Waals surface area contributed by atoms with Gasteiger partial charge < -0.3 is 15.2 Å². The number of phenols is 1. The van der Waals surface area contributed by atoms with Gasteiger partial charge in [-0.25, -0.2) is 0 Å². The fraction of sp³-hybridized carbons (Fsp3) is 0.611. The lowest BCUT2D eigenvalue weighted by atomic mass is 9.84. The van der Waals surface area contributed by atoms with Crippen molar-refractivity contribution in [3.8, 4) is 11.5 Å². The van der Waals surface area contributed by atoms with Crippen molar-refractivity contribution in [2.75, 3.05) is 6.61 Å². The Labute approximate surface area is 142 Å². The van der Waals surface area contributed by atoms with Crippen LogP contribution in [0.2, 0.25) is 5.02 Å². The molecule has 0 saturated heterocycles. The Balaban J connectivity index is 1.70. The van der Waals surface area contributed by atoms with Gasteiger partial charge in [0.1, 0.15) is 0 Å². The van der Waals surface area contributed by atoms with Gasteiger partial charge in [0.05, 0.1) is 11.6 Å². The van der Waals surface area contributed by atoms with E-state index in [1.54, 1.807) is 6.07 Å². The quantitative estimate of drug-likeness (QED) is 0.853. The first kappa shape index (κ1) is 16.4. The number of nitrogens with one attached hydrogen (secondary N) is 1. The molecular formula is C18H24ClNO3. The fourth-order valence-corrected chi connectivity index (χ4v) is 4.48. The second-order valence-corrected chi connectivity index (χ2v) is 7.25. The van der Waals surface area contributed by atoms with Gasteiger partial charge in [0.15, 0.2) is 11.5 Å². The summed E-state index contributed by atoms with van der Waals surface area (Å²) in [5.41, 5.74) is 0.422. The first-order valence-electron chi connectivity index (χ1n) is 8.45. The molecule has 0 heterocycles. The van der Waals surface area contributed by atoms with E-state index in [4.69, 9.17) is 16.3 Å². The maximum Gasteiger partial charge on any atom is 0.251 e. The van der Waals surface area contributed by atoms with Gasteiger partial charge in [-0.05, 0) is 63.0 Å². The lowest BCUT2D eigenvalue weighted by Crippen LogP contribution is -2.40. The molecule has 2 N–H and O–H groups in total. The molecule has 4 unspecified atom stereocenters. The van der Waals surface area contributed by atoms with Crippen LogP contribution < -0.4 is 10.1 Å². The summed E-state index contributed by atoms with van der Waals surface area (Å²) in [6.07, 6.45) is 5.21. The highest BCUT2D eigenvalue weighted by atomic mass is 35.5. The van der Waals surface area contributed by atoms with E-state index in [9.17, 15) is 9.90 Å². The van der Waals surface area contributed by atoms with E-state index >= 15 is 0 Å². The van der Waals surface area contributed by atoms with E-state index in [0.717, 1.165) is 11.8 Å². The van der Waals surface area contributed by atoms with Gasteiger partial charge >= 0.3 is 0 Å². The second-order valence-electron chi connectivity index (χ2n) is 6.84. The second kappa shape index (κ2) is 6.60. The van der Waals surface area contributed by atoms with E-state index in [0.29, 0.717) is 18.1 Å². The number of carbonyl (C=O) groups is 1. The topological polar surface area (TPSA) is 58.6 Å². The highest BCUT2D eigenvalue weighted by Gasteiger charge is 2.42. The molecule has 2 saturated carbocycles. The summed E-state index contributed by atoms with van der Waals surface area (Å²) in [7, 11) is 0. The van der Waals surface area contributed by atoms with Crippen LogP contribution in [-0.4, -0.2) is 23.7 Å². The molecule has 2 bridgehead atoms. The van der Waals surface area contributed by atoms with Gasteiger partial charge in [-0.3, -0.25) is 4.79 Å². The van der Waals surface area contributed by atoms with Crippen LogP contribution in [-0.2, 0) is 0 Å². The molecule has 0 spiro atoms. The molecule has 0 aliphatic heterocycles. The van der Waals surface area contributed by atoms with Crippen molar-refractivity contribution < 1.29 is 14.6 Å². The molecule has 23 heavy (non-hydrogen) atoms. The van der Waals surface area contributed by atoms with Gasteiger partial charge in [0.25, 0.3) is 5.91 Å². The Bertz CT molecular complexity index is 604. The molecule has 4 nitrogen and oxygen atoms in total. The van der Waals surface area contributed by atoms with Gasteiger partial charge in [-0.1, -0.05) is 18.0 Å². The third kappa shape index (κ3) is 3.27. The van der Waals surface area contributed by atoms with E-state index < -0.39 is 0 Å². The molecule has 1 aromatic rings. The molecular weight excluding hydrogens is 314 g/mol. The summed E-state index contributed by atoms with van der Waals surface area (Å²) < 4.78 is 5.34. The predicted octanol–water partition coefficient (Wildman–Crippen LogP) is 4.00. The van der Waals surface area contributed by atoms with Gasteiger partial charge in [0.2, 0.25) is 0 Å². The highest BCUT2D eigenvalue weighted by molar-refractivity contribution is 6.32. The molecule has 2 aliphatic carbocycles. The van der Waals surface area contributed by atoms with Crippen LogP contribution >= 0.6 is 11.6 Å². The smallest absolute Gasteiger partial charge is 0.251 e. The Morgan fingerprint density at radius 1 is 1.43 bits per heavy atom. The number of phenolic OH excluding ortho intramolecular Hbond substituents is 1. The minimum Gasteiger partial charge on any atom is -0.503 e. The van der Waals surface area contributed by atoms with Gasteiger partial charge in [-0.2, -0.15) is 0 Å². The lowest BCUT2D eigenvalue weighted by molar-refractivity contribution is 0.0915. The van der Waals surface area contributed by atoms with Crippen LogP contribution in [0.4, 0.5) is 0 Å². The zero-order valence-corrected chi connectivity index (χ0v) is 14.4.